The maximum Gasteiger partial charge on any atom is 0.0818 e. The van der Waals surface area contributed by atoms with Crippen LogP contribution >= 0.6 is 0 Å². The van der Waals surface area contributed by atoms with Crippen molar-refractivity contribution >= 4 is 0 Å². The van der Waals surface area contributed by atoms with Crippen molar-refractivity contribution < 1.29 is 14.9 Å². The third kappa shape index (κ3) is 4.42. The largest absolute Gasteiger partial charge is 0.394 e. The Morgan fingerprint density at radius 3 is 2.53 bits per heavy atom. The van der Waals surface area contributed by atoms with E-state index in [4.69, 9.17) is 9.84 Å². The van der Waals surface area contributed by atoms with Gasteiger partial charge in [0.15, 0.2) is 0 Å². The van der Waals surface area contributed by atoms with Crippen molar-refractivity contribution in [3.05, 3.63) is 35.9 Å². The van der Waals surface area contributed by atoms with Crippen molar-refractivity contribution in [2.24, 2.45) is 5.92 Å². The van der Waals surface area contributed by atoms with Crippen LogP contribution < -0.4 is 0 Å². The summed E-state index contributed by atoms with van der Waals surface area (Å²) in [4.78, 5) is 0. The van der Waals surface area contributed by atoms with E-state index in [1.165, 1.54) is 0 Å². The first-order valence-corrected chi connectivity index (χ1v) is 5.14. The molecule has 0 fully saturated rings. The minimum Gasteiger partial charge on any atom is -0.394 e. The van der Waals surface area contributed by atoms with Gasteiger partial charge < -0.3 is 14.9 Å². The van der Waals surface area contributed by atoms with Crippen LogP contribution in [0.2, 0.25) is 0 Å². The molecule has 0 amide bonds. The molecule has 0 saturated carbocycles. The molecule has 84 valence electrons. The van der Waals surface area contributed by atoms with Crippen LogP contribution in [0, 0.1) is 5.92 Å². The van der Waals surface area contributed by atoms with Gasteiger partial charge in [-0.25, -0.2) is 0 Å². The molecule has 1 aromatic carbocycles. The third-order valence-corrected chi connectivity index (χ3v) is 2.34. The fourth-order valence-electron chi connectivity index (χ4n) is 1.23. The minimum absolute atomic E-state index is 0.0429. The molecule has 1 aromatic rings. The van der Waals surface area contributed by atoms with Gasteiger partial charge in [-0.05, 0) is 5.56 Å². The first kappa shape index (κ1) is 12.2. The zero-order chi connectivity index (χ0) is 11.1. The molecule has 15 heavy (non-hydrogen) atoms. The molecule has 0 aromatic heterocycles. The molecule has 0 spiro atoms. The monoisotopic (exact) mass is 210 g/mol. The van der Waals surface area contributed by atoms with Crippen molar-refractivity contribution in [3.8, 4) is 0 Å². The standard InChI is InChI=1S/C12H18O3/c1-10(12(14)7-13)8-15-9-11-5-3-2-4-6-11/h2-6,10,12-14H,7-9H2,1H3/t10?,12-/m0/s1. The Kier molecular flexibility index (Phi) is 5.32. The second kappa shape index (κ2) is 6.56. The van der Waals surface area contributed by atoms with Gasteiger partial charge in [0.25, 0.3) is 0 Å². The minimum atomic E-state index is -0.694. The predicted octanol–water partition coefficient (Wildman–Crippen LogP) is 1.19. The van der Waals surface area contributed by atoms with Gasteiger partial charge >= 0.3 is 0 Å². The van der Waals surface area contributed by atoms with E-state index in [0.717, 1.165) is 5.56 Å². The van der Waals surface area contributed by atoms with E-state index in [9.17, 15) is 5.11 Å². The molecule has 0 radical (unpaired) electrons. The Bertz CT molecular complexity index is 261. The van der Waals surface area contributed by atoms with E-state index in [-0.39, 0.29) is 12.5 Å². The molecule has 3 heteroatoms. The van der Waals surface area contributed by atoms with Crippen molar-refractivity contribution in [3.63, 3.8) is 0 Å². The first-order valence-electron chi connectivity index (χ1n) is 5.14. The van der Waals surface area contributed by atoms with Gasteiger partial charge in [0.2, 0.25) is 0 Å². The van der Waals surface area contributed by atoms with Gasteiger partial charge in [0.1, 0.15) is 0 Å². The Balaban J connectivity index is 2.22. The van der Waals surface area contributed by atoms with Crippen LogP contribution in [0.1, 0.15) is 12.5 Å². The lowest BCUT2D eigenvalue weighted by Gasteiger charge is -2.16. The van der Waals surface area contributed by atoms with Crippen LogP contribution in [0.5, 0.6) is 0 Å². The SMILES string of the molecule is CC(COCc1ccccc1)[C@@H](O)CO. The lowest BCUT2D eigenvalue weighted by molar-refractivity contribution is 0.00179. The second-order valence-electron chi connectivity index (χ2n) is 3.73. The fraction of sp³-hybridized carbons (Fsp3) is 0.500. The fourth-order valence-corrected chi connectivity index (χ4v) is 1.23. The molecule has 0 aliphatic carbocycles. The number of ether oxygens (including phenoxy) is 1. The topological polar surface area (TPSA) is 49.7 Å². The highest BCUT2D eigenvalue weighted by molar-refractivity contribution is 5.13. The smallest absolute Gasteiger partial charge is 0.0818 e. The normalized spacial score (nSPS) is 14.9. The molecule has 2 N–H and O–H groups in total. The molecule has 0 heterocycles. The Labute approximate surface area is 90.3 Å². The van der Waals surface area contributed by atoms with Crippen LogP contribution in [0.4, 0.5) is 0 Å². The van der Waals surface area contributed by atoms with E-state index in [1.54, 1.807) is 0 Å². The van der Waals surface area contributed by atoms with E-state index in [1.807, 2.05) is 37.3 Å². The Hall–Kier alpha value is -0.900. The van der Waals surface area contributed by atoms with E-state index < -0.39 is 6.10 Å². The molecule has 1 unspecified atom stereocenters. The number of hydrogen-bond donors (Lipinski definition) is 2. The van der Waals surface area contributed by atoms with Crippen molar-refractivity contribution in [2.45, 2.75) is 19.6 Å². The van der Waals surface area contributed by atoms with Crippen LogP contribution in [0.25, 0.3) is 0 Å². The van der Waals surface area contributed by atoms with Crippen molar-refractivity contribution in [1.82, 2.24) is 0 Å². The third-order valence-electron chi connectivity index (χ3n) is 2.34. The Morgan fingerprint density at radius 1 is 1.27 bits per heavy atom. The molecular weight excluding hydrogens is 192 g/mol. The van der Waals surface area contributed by atoms with E-state index in [2.05, 4.69) is 0 Å². The summed E-state index contributed by atoms with van der Waals surface area (Å²) < 4.78 is 5.43. The Morgan fingerprint density at radius 2 is 1.93 bits per heavy atom. The molecule has 1 rings (SSSR count). The van der Waals surface area contributed by atoms with Gasteiger partial charge in [-0.3, -0.25) is 0 Å². The van der Waals surface area contributed by atoms with Crippen LogP contribution in [-0.2, 0) is 11.3 Å². The molecular formula is C12H18O3. The molecule has 2 atom stereocenters. The van der Waals surface area contributed by atoms with Crippen molar-refractivity contribution in [1.29, 1.82) is 0 Å². The summed E-state index contributed by atoms with van der Waals surface area (Å²) in [5.74, 6) is -0.0429. The summed E-state index contributed by atoms with van der Waals surface area (Å²) in [6.45, 7) is 2.64. The zero-order valence-electron chi connectivity index (χ0n) is 8.97. The highest BCUT2D eigenvalue weighted by Gasteiger charge is 2.12. The molecule has 0 aliphatic rings. The van der Waals surface area contributed by atoms with E-state index in [0.29, 0.717) is 13.2 Å². The highest BCUT2D eigenvalue weighted by atomic mass is 16.5. The van der Waals surface area contributed by atoms with Gasteiger partial charge in [0, 0.05) is 5.92 Å². The van der Waals surface area contributed by atoms with Crippen LogP contribution in [-0.4, -0.2) is 29.5 Å². The van der Waals surface area contributed by atoms with Gasteiger partial charge in [-0.2, -0.15) is 0 Å². The second-order valence-corrected chi connectivity index (χ2v) is 3.73. The quantitative estimate of drug-likeness (QED) is 0.741. The van der Waals surface area contributed by atoms with Gasteiger partial charge in [-0.15, -0.1) is 0 Å². The average molecular weight is 210 g/mol. The number of aliphatic hydroxyl groups is 2. The summed E-state index contributed by atoms with van der Waals surface area (Å²) in [6.07, 6.45) is -0.694. The highest BCUT2D eigenvalue weighted by Crippen LogP contribution is 2.06. The van der Waals surface area contributed by atoms with Gasteiger partial charge in [-0.1, -0.05) is 37.3 Å². The summed E-state index contributed by atoms with van der Waals surface area (Å²) in [5, 5.41) is 18.0. The van der Waals surface area contributed by atoms with E-state index >= 15 is 0 Å². The molecule has 0 bridgehead atoms. The maximum atomic E-state index is 9.29. The van der Waals surface area contributed by atoms with Crippen LogP contribution in [0.3, 0.4) is 0 Å². The lowest BCUT2D eigenvalue weighted by Crippen LogP contribution is -2.25. The predicted molar refractivity (Wildman–Crippen MR) is 58.4 cm³/mol. The molecule has 0 aliphatic heterocycles. The number of benzene rings is 1. The van der Waals surface area contributed by atoms with Crippen molar-refractivity contribution in [2.75, 3.05) is 13.2 Å². The summed E-state index contributed by atoms with van der Waals surface area (Å²) in [7, 11) is 0. The first-order chi connectivity index (χ1) is 7.24. The zero-order valence-corrected chi connectivity index (χ0v) is 8.97. The molecule has 0 saturated heterocycles. The summed E-state index contributed by atoms with van der Waals surface area (Å²) in [6, 6.07) is 9.87. The average Bonchev–Trinajstić information content (AvgIpc) is 2.29. The summed E-state index contributed by atoms with van der Waals surface area (Å²) in [5.41, 5.74) is 1.11. The lowest BCUT2D eigenvalue weighted by atomic mass is 10.1. The van der Waals surface area contributed by atoms with Crippen LogP contribution in [0.15, 0.2) is 30.3 Å². The summed E-state index contributed by atoms with van der Waals surface area (Å²) >= 11 is 0. The van der Waals surface area contributed by atoms with Gasteiger partial charge in [0.05, 0.1) is 25.9 Å². The maximum absolute atomic E-state index is 9.29. The molecule has 3 nitrogen and oxygen atoms in total. The number of hydrogen-bond acceptors (Lipinski definition) is 3. The number of rotatable bonds is 6. The number of aliphatic hydroxyl groups excluding tert-OH is 2.